The summed E-state index contributed by atoms with van der Waals surface area (Å²) in [5.74, 6) is -1.03. The predicted octanol–water partition coefficient (Wildman–Crippen LogP) is 3.64. The molecule has 0 saturated carbocycles. The molecule has 0 bridgehead atoms. The van der Waals surface area contributed by atoms with Crippen molar-refractivity contribution in [3.8, 4) is 0 Å². The molecule has 100 valence electrons. The Balaban J connectivity index is 3.03. The molecule has 0 saturated heterocycles. The van der Waals surface area contributed by atoms with Crippen LogP contribution in [0.25, 0.3) is 0 Å². The fourth-order valence-electron chi connectivity index (χ4n) is 1.10. The van der Waals surface area contributed by atoms with Gasteiger partial charge in [0, 0.05) is 11.8 Å². The molecule has 6 heteroatoms. The maximum Gasteiger partial charge on any atom is 0.266 e. The van der Waals surface area contributed by atoms with Crippen LogP contribution in [0.3, 0.4) is 0 Å². The molecule has 0 aliphatic rings. The Bertz CT molecular complexity index is 481. The summed E-state index contributed by atoms with van der Waals surface area (Å²) < 4.78 is 53.2. The van der Waals surface area contributed by atoms with E-state index in [0.717, 1.165) is 12.3 Å². The zero-order valence-electron chi connectivity index (χ0n) is 10.3. The van der Waals surface area contributed by atoms with Crippen LogP contribution in [0.2, 0.25) is 0 Å². The van der Waals surface area contributed by atoms with Gasteiger partial charge in [-0.3, -0.25) is 0 Å². The van der Waals surface area contributed by atoms with Gasteiger partial charge in [-0.2, -0.15) is 4.40 Å². The Kier molecular flexibility index (Phi) is 4.67. The molecule has 1 rings (SSSR count). The highest BCUT2D eigenvalue weighted by Crippen LogP contribution is 2.23. The number of hydrogen-bond donors (Lipinski definition) is 0. The first-order chi connectivity index (χ1) is 8.23. The van der Waals surface area contributed by atoms with Crippen molar-refractivity contribution < 1.29 is 17.4 Å². The summed E-state index contributed by atoms with van der Waals surface area (Å²) in [7, 11) is -1.55. The highest BCUT2D eigenvalue weighted by atomic mass is 32.2. The maximum atomic E-state index is 13.6. The number of hydrogen-bond acceptors (Lipinski definition) is 1. The SMILES string of the molecule is CC(C)(C)S(=O)N=Cc1cccc(C(F)F)c1F. The van der Waals surface area contributed by atoms with Gasteiger partial charge >= 0.3 is 0 Å². The van der Waals surface area contributed by atoms with Gasteiger partial charge in [-0.15, -0.1) is 0 Å². The van der Waals surface area contributed by atoms with Gasteiger partial charge in [0.2, 0.25) is 0 Å². The van der Waals surface area contributed by atoms with Crippen LogP contribution in [0.4, 0.5) is 13.2 Å². The minimum atomic E-state index is -2.88. The van der Waals surface area contributed by atoms with Crippen LogP contribution in [-0.2, 0) is 11.0 Å². The lowest BCUT2D eigenvalue weighted by molar-refractivity contribution is 0.146. The molecule has 0 fully saturated rings. The first kappa shape index (κ1) is 14.9. The highest BCUT2D eigenvalue weighted by Gasteiger charge is 2.19. The Morgan fingerprint density at radius 2 is 1.94 bits per heavy atom. The van der Waals surface area contributed by atoms with E-state index in [1.165, 1.54) is 12.1 Å². The minimum Gasteiger partial charge on any atom is -0.234 e. The van der Waals surface area contributed by atoms with E-state index < -0.39 is 33.5 Å². The molecule has 0 aliphatic heterocycles. The lowest BCUT2D eigenvalue weighted by atomic mass is 10.1. The Morgan fingerprint density at radius 1 is 1.33 bits per heavy atom. The van der Waals surface area contributed by atoms with Crippen molar-refractivity contribution >= 4 is 17.2 Å². The van der Waals surface area contributed by atoms with E-state index in [1.807, 2.05) is 0 Å². The summed E-state index contributed by atoms with van der Waals surface area (Å²) in [4.78, 5) is 0. The summed E-state index contributed by atoms with van der Waals surface area (Å²) >= 11 is 0. The quantitative estimate of drug-likeness (QED) is 0.775. The Labute approximate surface area is 107 Å². The zero-order chi connectivity index (χ0) is 13.9. The number of benzene rings is 1. The summed E-state index contributed by atoms with van der Waals surface area (Å²) in [6, 6.07) is 3.63. The van der Waals surface area contributed by atoms with Gasteiger partial charge in [0.1, 0.15) is 16.8 Å². The Morgan fingerprint density at radius 3 is 2.44 bits per heavy atom. The van der Waals surface area contributed by atoms with Crippen molar-refractivity contribution in [1.82, 2.24) is 0 Å². The molecule has 1 aromatic rings. The van der Waals surface area contributed by atoms with Crippen molar-refractivity contribution in [2.45, 2.75) is 31.9 Å². The lowest BCUT2D eigenvalue weighted by Gasteiger charge is -2.12. The second-order valence-corrected chi connectivity index (χ2v) is 6.58. The molecule has 18 heavy (non-hydrogen) atoms. The Hall–Kier alpha value is -1.17. The number of alkyl halides is 2. The van der Waals surface area contributed by atoms with Crippen LogP contribution in [0.15, 0.2) is 22.6 Å². The molecule has 0 amide bonds. The second-order valence-electron chi connectivity index (χ2n) is 4.65. The smallest absolute Gasteiger partial charge is 0.234 e. The molecule has 1 aromatic carbocycles. The van der Waals surface area contributed by atoms with Crippen LogP contribution in [0.5, 0.6) is 0 Å². The topological polar surface area (TPSA) is 29.4 Å². The molecular formula is C12H14F3NOS. The summed E-state index contributed by atoms with van der Waals surface area (Å²) in [5, 5.41) is 0. The molecule has 0 spiro atoms. The normalized spacial score (nSPS) is 14.4. The third-order valence-corrected chi connectivity index (χ3v) is 3.45. The van der Waals surface area contributed by atoms with Crippen LogP contribution in [0.1, 0.15) is 38.3 Å². The fraction of sp³-hybridized carbons (Fsp3) is 0.417. The van der Waals surface area contributed by atoms with Gasteiger partial charge in [0.15, 0.2) is 0 Å². The van der Waals surface area contributed by atoms with E-state index in [-0.39, 0.29) is 5.56 Å². The first-order valence-corrected chi connectivity index (χ1v) is 6.37. The van der Waals surface area contributed by atoms with Gasteiger partial charge in [-0.25, -0.2) is 17.4 Å². The largest absolute Gasteiger partial charge is 0.266 e. The van der Waals surface area contributed by atoms with Crippen molar-refractivity contribution in [1.29, 1.82) is 0 Å². The minimum absolute atomic E-state index is 0.0922. The molecule has 2 nitrogen and oxygen atoms in total. The fourth-order valence-corrected chi connectivity index (χ4v) is 1.62. The third kappa shape index (κ3) is 3.66. The second kappa shape index (κ2) is 5.65. The third-order valence-electron chi connectivity index (χ3n) is 2.10. The molecule has 0 heterocycles. The van der Waals surface area contributed by atoms with Crippen molar-refractivity contribution in [2.24, 2.45) is 4.40 Å². The molecular weight excluding hydrogens is 263 g/mol. The van der Waals surface area contributed by atoms with E-state index in [0.29, 0.717) is 0 Å². The molecule has 1 atom stereocenters. The summed E-state index contributed by atoms with van der Waals surface area (Å²) in [6.07, 6.45) is -1.85. The van der Waals surface area contributed by atoms with Gasteiger partial charge in [-0.05, 0) is 20.8 Å². The average molecular weight is 277 g/mol. The standard InChI is InChI=1S/C12H14F3NOS/c1-12(2,3)18(17)16-7-8-5-4-6-9(10(8)13)11(14)15/h4-7,11H,1-3H3. The van der Waals surface area contributed by atoms with Crippen LogP contribution in [0, 0.1) is 5.82 Å². The zero-order valence-corrected chi connectivity index (χ0v) is 11.1. The van der Waals surface area contributed by atoms with E-state index in [4.69, 9.17) is 0 Å². The molecule has 1 unspecified atom stereocenters. The summed E-state index contributed by atoms with van der Waals surface area (Å²) in [6.45, 7) is 5.14. The summed E-state index contributed by atoms with van der Waals surface area (Å²) in [5.41, 5.74) is -0.772. The monoisotopic (exact) mass is 277 g/mol. The van der Waals surface area contributed by atoms with Crippen molar-refractivity contribution in [3.05, 3.63) is 35.1 Å². The van der Waals surface area contributed by atoms with Crippen molar-refractivity contribution in [2.75, 3.05) is 0 Å². The van der Waals surface area contributed by atoms with E-state index in [9.17, 15) is 17.4 Å². The van der Waals surface area contributed by atoms with Crippen LogP contribution >= 0.6 is 0 Å². The molecule has 0 radical (unpaired) electrons. The van der Waals surface area contributed by atoms with E-state index >= 15 is 0 Å². The van der Waals surface area contributed by atoms with Crippen LogP contribution in [-0.4, -0.2) is 15.2 Å². The van der Waals surface area contributed by atoms with Gasteiger partial charge in [0.25, 0.3) is 6.43 Å². The van der Waals surface area contributed by atoms with E-state index in [2.05, 4.69) is 4.40 Å². The number of rotatable bonds is 3. The van der Waals surface area contributed by atoms with Crippen LogP contribution < -0.4 is 0 Å². The van der Waals surface area contributed by atoms with Crippen molar-refractivity contribution in [3.63, 3.8) is 0 Å². The number of nitrogens with zero attached hydrogens (tertiary/aromatic N) is 1. The molecule has 0 aliphatic carbocycles. The van der Waals surface area contributed by atoms with E-state index in [1.54, 1.807) is 20.8 Å². The predicted molar refractivity (Wildman–Crippen MR) is 66.8 cm³/mol. The van der Waals surface area contributed by atoms with Gasteiger partial charge in [-0.1, -0.05) is 18.2 Å². The first-order valence-electron chi connectivity index (χ1n) is 5.26. The lowest BCUT2D eigenvalue weighted by Crippen LogP contribution is -2.19. The van der Waals surface area contributed by atoms with Gasteiger partial charge < -0.3 is 0 Å². The number of halogens is 3. The average Bonchev–Trinajstić information content (AvgIpc) is 2.25. The molecule has 0 N–H and O–H groups in total. The molecule has 0 aromatic heterocycles. The van der Waals surface area contributed by atoms with Gasteiger partial charge in [0.05, 0.1) is 10.3 Å². The maximum absolute atomic E-state index is 13.6. The highest BCUT2D eigenvalue weighted by molar-refractivity contribution is 7.85.